The minimum Gasteiger partial charge on any atom is -0.422 e. The Labute approximate surface area is 184 Å². The number of hydrogen-bond donors (Lipinski definition) is 2. The van der Waals surface area contributed by atoms with Crippen molar-refractivity contribution >= 4 is 39.9 Å². The zero-order valence-electron chi connectivity index (χ0n) is 17.1. The first-order chi connectivity index (χ1) is 14.9. The fourth-order valence-electron chi connectivity index (χ4n) is 3.43. The smallest absolute Gasteiger partial charge is 0.344 e. The molecule has 4 rings (SSSR count). The lowest BCUT2D eigenvalue weighted by Crippen LogP contribution is -2.34. The lowest BCUT2D eigenvalue weighted by Gasteiger charge is -2.12. The molecule has 5 nitrogen and oxygen atoms in total. The van der Waals surface area contributed by atoms with Crippen LogP contribution in [-0.4, -0.2) is 11.0 Å². The predicted molar refractivity (Wildman–Crippen MR) is 128 cm³/mol. The zero-order valence-corrected chi connectivity index (χ0v) is 17.9. The van der Waals surface area contributed by atoms with Gasteiger partial charge in [-0.2, -0.15) is 0 Å². The van der Waals surface area contributed by atoms with Crippen LogP contribution in [0, 0.1) is 13.8 Å². The maximum Gasteiger partial charge on any atom is 0.344 e. The van der Waals surface area contributed by atoms with Crippen LogP contribution in [0.4, 0.5) is 5.69 Å². The van der Waals surface area contributed by atoms with Gasteiger partial charge in [0.15, 0.2) is 5.11 Å². The SMILES string of the molecule is Cc1ccc(C(=O)NC(=S)Nc2cccc(-c3cc4ccccc4oc3=O)c2)c(C)c1. The highest BCUT2D eigenvalue weighted by Gasteiger charge is 2.12. The molecule has 0 saturated heterocycles. The van der Waals surface area contributed by atoms with E-state index in [1.807, 2.05) is 56.3 Å². The normalized spacial score (nSPS) is 10.6. The highest BCUT2D eigenvalue weighted by atomic mass is 32.1. The number of fused-ring (bicyclic) bond motifs is 1. The maximum atomic E-state index is 12.5. The van der Waals surface area contributed by atoms with Crippen LogP contribution in [-0.2, 0) is 0 Å². The van der Waals surface area contributed by atoms with Gasteiger partial charge >= 0.3 is 5.63 Å². The lowest BCUT2D eigenvalue weighted by molar-refractivity contribution is 0.0977. The quantitative estimate of drug-likeness (QED) is 0.347. The van der Waals surface area contributed by atoms with E-state index in [-0.39, 0.29) is 11.0 Å². The van der Waals surface area contributed by atoms with Crippen molar-refractivity contribution in [3.05, 3.63) is 99.9 Å². The minimum absolute atomic E-state index is 0.174. The summed E-state index contributed by atoms with van der Waals surface area (Å²) >= 11 is 5.31. The average Bonchev–Trinajstić information content (AvgIpc) is 2.73. The number of benzene rings is 3. The number of nitrogens with one attached hydrogen (secondary N) is 2. The van der Waals surface area contributed by atoms with Crippen LogP contribution in [0.15, 0.2) is 82.0 Å². The number of thiocarbonyl (C=S) groups is 1. The van der Waals surface area contributed by atoms with Crippen molar-refractivity contribution in [2.45, 2.75) is 13.8 Å². The van der Waals surface area contributed by atoms with E-state index < -0.39 is 5.63 Å². The summed E-state index contributed by atoms with van der Waals surface area (Å²) in [7, 11) is 0. The molecular formula is C25H20N2O3S. The summed E-state index contributed by atoms with van der Waals surface area (Å²) in [6.07, 6.45) is 0. The molecule has 0 aliphatic carbocycles. The van der Waals surface area contributed by atoms with Crippen LogP contribution in [0.25, 0.3) is 22.1 Å². The Hall–Kier alpha value is -3.77. The fraction of sp³-hybridized carbons (Fsp3) is 0.0800. The van der Waals surface area contributed by atoms with Crippen molar-refractivity contribution in [3.8, 4) is 11.1 Å². The second kappa shape index (κ2) is 8.53. The van der Waals surface area contributed by atoms with Crippen molar-refractivity contribution in [2.75, 3.05) is 5.32 Å². The molecule has 0 aliphatic rings. The molecule has 154 valence electrons. The van der Waals surface area contributed by atoms with Gasteiger partial charge in [0.25, 0.3) is 5.91 Å². The standard InChI is InChI=1S/C25H20N2O3S/c1-15-10-11-20(16(2)12-15)23(28)27-25(31)26-19-8-5-7-17(13-19)21-14-18-6-3-4-9-22(18)30-24(21)29/h3-14H,1-2H3,(H2,26,27,28,31). The largest absolute Gasteiger partial charge is 0.422 e. The average molecular weight is 429 g/mol. The first-order valence-corrected chi connectivity index (χ1v) is 10.1. The van der Waals surface area contributed by atoms with Gasteiger partial charge in [0.05, 0.1) is 5.56 Å². The second-order valence-electron chi connectivity index (χ2n) is 7.29. The Morgan fingerprint density at radius 1 is 0.935 bits per heavy atom. The van der Waals surface area contributed by atoms with Gasteiger partial charge < -0.3 is 9.73 Å². The summed E-state index contributed by atoms with van der Waals surface area (Å²) in [6, 6.07) is 22.0. The summed E-state index contributed by atoms with van der Waals surface area (Å²) in [4.78, 5) is 25.0. The molecule has 1 amide bonds. The van der Waals surface area contributed by atoms with Gasteiger partial charge in [-0.25, -0.2) is 4.79 Å². The maximum absolute atomic E-state index is 12.5. The van der Waals surface area contributed by atoms with Gasteiger partial charge in [-0.05, 0) is 67.5 Å². The fourth-order valence-corrected chi connectivity index (χ4v) is 3.64. The van der Waals surface area contributed by atoms with Crippen molar-refractivity contribution in [3.63, 3.8) is 0 Å². The second-order valence-corrected chi connectivity index (χ2v) is 7.70. The molecule has 3 aromatic carbocycles. The molecule has 0 unspecified atom stereocenters. The summed E-state index contributed by atoms with van der Waals surface area (Å²) in [5.74, 6) is -0.277. The molecular weight excluding hydrogens is 408 g/mol. The molecule has 4 aromatic rings. The van der Waals surface area contributed by atoms with E-state index in [2.05, 4.69) is 10.6 Å². The summed E-state index contributed by atoms with van der Waals surface area (Å²) < 4.78 is 5.43. The van der Waals surface area contributed by atoms with Crippen LogP contribution in [0.1, 0.15) is 21.5 Å². The number of para-hydroxylation sites is 1. The predicted octanol–water partition coefficient (Wildman–Crippen LogP) is 5.20. The van der Waals surface area contributed by atoms with Gasteiger partial charge in [-0.15, -0.1) is 0 Å². The highest BCUT2D eigenvalue weighted by Crippen LogP contribution is 2.23. The third kappa shape index (κ3) is 4.54. The summed E-state index contributed by atoms with van der Waals surface area (Å²) in [6.45, 7) is 3.86. The third-order valence-corrected chi connectivity index (χ3v) is 5.13. The van der Waals surface area contributed by atoms with Gasteiger partial charge in [-0.1, -0.05) is 48.0 Å². The molecule has 31 heavy (non-hydrogen) atoms. The van der Waals surface area contributed by atoms with Gasteiger partial charge in [0.2, 0.25) is 0 Å². The van der Waals surface area contributed by atoms with Crippen molar-refractivity contribution in [1.29, 1.82) is 0 Å². The number of carbonyl (C=O) groups is 1. The van der Waals surface area contributed by atoms with E-state index in [9.17, 15) is 9.59 Å². The first-order valence-electron chi connectivity index (χ1n) is 9.73. The highest BCUT2D eigenvalue weighted by molar-refractivity contribution is 7.80. The van der Waals surface area contributed by atoms with Gasteiger partial charge in [-0.3, -0.25) is 10.1 Å². The molecule has 1 aromatic heterocycles. The topological polar surface area (TPSA) is 71.3 Å². The minimum atomic E-state index is -0.415. The van der Waals surface area contributed by atoms with Gasteiger partial charge in [0.1, 0.15) is 5.58 Å². The summed E-state index contributed by atoms with van der Waals surface area (Å²) in [5.41, 5.74) is 4.45. The number of rotatable bonds is 3. The number of hydrogen-bond acceptors (Lipinski definition) is 4. The van der Waals surface area contributed by atoms with E-state index in [1.54, 1.807) is 30.3 Å². The Morgan fingerprint density at radius 3 is 2.55 bits per heavy atom. The van der Waals surface area contributed by atoms with Crippen LogP contribution in [0.5, 0.6) is 0 Å². The molecule has 0 aliphatic heterocycles. The molecule has 1 heterocycles. The Balaban J connectivity index is 1.54. The van der Waals surface area contributed by atoms with E-state index in [0.717, 1.165) is 16.5 Å². The van der Waals surface area contributed by atoms with E-state index in [0.29, 0.717) is 28.0 Å². The van der Waals surface area contributed by atoms with Crippen LogP contribution in [0.2, 0.25) is 0 Å². The molecule has 6 heteroatoms. The van der Waals surface area contributed by atoms with Gasteiger partial charge in [0, 0.05) is 16.6 Å². The Bertz CT molecular complexity index is 1370. The summed E-state index contributed by atoms with van der Waals surface area (Å²) in [5, 5.41) is 6.72. The van der Waals surface area contributed by atoms with E-state index >= 15 is 0 Å². The number of aryl methyl sites for hydroxylation is 2. The monoisotopic (exact) mass is 428 g/mol. The van der Waals surface area contributed by atoms with Crippen LogP contribution >= 0.6 is 12.2 Å². The number of anilines is 1. The molecule has 0 bridgehead atoms. The Kier molecular flexibility index (Phi) is 5.64. The third-order valence-electron chi connectivity index (χ3n) is 4.93. The first kappa shape index (κ1) is 20.5. The van der Waals surface area contributed by atoms with Crippen molar-refractivity contribution in [1.82, 2.24) is 5.32 Å². The lowest BCUT2D eigenvalue weighted by atomic mass is 10.1. The molecule has 0 atom stereocenters. The molecule has 0 saturated carbocycles. The number of amides is 1. The van der Waals surface area contributed by atoms with Crippen LogP contribution in [0.3, 0.4) is 0 Å². The molecule has 0 spiro atoms. The van der Waals surface area contributed by atoms with Crippen molar-refractivity contribution in [2.24, 2.45) is 0 Å². The van der Waals surface area contributed by atoms with E-state index in [1.165, 1.54) is 0 Å². The molecule has 0 radical (unpaired) electrons. The van der Waals surface area contributed by atoms with Crippen LogP contribution < -0.4 is 16.3 Å². The van der Waals surface area contributed by atoms with Crippen molar-refractivity contribution < 1.29 is 9.21 Å². The van der Waals surface area contributed by atoms with E-state index in [4.69, 9.17) is 16.6 Å². The molecule has 2 N–H and O–H groups in total. The Morgan fingerprint density at radius 2 is 1.74 bits per heavy atom. The zero-order chi connectivity index (χ0) is 22.0. The number of carbonyl (C=O) groups excluding carboxylic acids is 1. The molecule has 0 fully saturated rings.